The first kappa shape index (κ1) is 17.9. The number of hydrogen-bond acceptors (Lipinski definition) is 4. The molecule has 2 aromatic carbocycles. The fourth-order valence-corrected chi connectivity index (χ4v) is 3.90. The van der Waals surface area contributed by atoms with Crippen molar-refractivity contribution in [1.82, 2.24) is 14.6 Å². The molecule has 27 heavy (non-hydrogen) atoms. The van der Waals surface area contributed by atoms with Crippen LogP contribution in [0.15, 0.2) is 53.3 Å². The lowest BCUT2D eigenvalue weighted by Gasteiger charge is -2.18. The van der Waals surface area contributed by atoms with Crippen molar-refractivity contribution in [2.24, 2.45) is 0 Å². The van der Waals surface area contributed by atoms with Crippen molar-refractivity contribution in [3.05, 3.63) is 79.6 Å². The van der Waals surface area contributed by atoms with Crippen LogP contribution in [0.5, 0.6) is 0 Å². The standard InChI is InChI=1S/C21H18ClN3OS/c1-21(2,3)15-10-8-13(9-11-15)18-23-20-25(24-18)19(26)17(27-20)12-14-6-4-5-7-16(14)22/h4-12H,1-3H3. The summed E-state index contributed by atoms with van der Waals surface area (Å²) in [4.78, 5) is 17.8. The van der Waals surface area contributed by atoms with Gasteiger partial charge in [-0.2, -0.15) is 9.50 Å². The minimum absolute atomic E-state index is 0.0894. The van der Waals surface area contributed by atoms with Gasteiger partial charge in [-0.15, -0.1) is 5.10 Å². The highest BCUT2D eigenvalue weighted by Crippen LogP contribution is 2.25. The predicted octanol–water partition coefficient (Wildman–Crippen LogP) is 4.32. The molecule has 0 N–H and O–H groups in total. The Morgan fingerprint density at radius 2 is 1.78 bits per heavy atom. The van der Waals surface area contributed by atoms with E-state index >= 15 is 0 Å². The molecule has 0 aliphatic rings. The summed E-state index contributed by atoms with van der Waals surface area (Å²) in [6.07, 6.45) is 1.78. The molecular formula is C21H18ClN3OS. The van der Waals surface area contributed by atoms with E-state index in [1.54, 1.807) is 12.1 Å². The largest absolute Gasteiger partial charge is 0.291 e. The fourth-order valence-electron chi connectivity index (χ4n) is 2.81. The summed E-state index contributed by atoms with van der Waals surface area (Å²) in [5.41, 5.74) is 2.86. The molecule has 2 aromatic heterocycles. The van der Waals surface area contributed by atoms with Crippen molar-refractivity contribution < 1.29 is 0 Å². The molecule has 136 valence electrons. The normalized spacial score (nSPS) is 12.8. The lowest BCUT2D eigenvalue weighted by molar-refractivity contribution is 0.590. The van der Waals surface area contributed by atoms with Crippen LogP contribution in [0.1, 0.15) is 31.9 Å². The Balaban J connectivity index is 1.75. The molecule has 6 heteroatoms. The van der Waals surface area contributed by atoms with E-state index in [2.05, 4.69) is 43.0 Å². The van der Waals surface area contributed by atoms with Gasteiger partial charge in [-0.1, -0.05) is 86.2 Å². The van der Waals surface area contributed by atoms with Crippen LogP contribution < -0.4 is 10.1 Å². The lowest BCUT2D eigenvalue weighted by Crippen LogP contribution is -2.23. The first-order valence-corrected chi connectivity index (χ1v) is 9.79. The third-order valence-corrected chi connectivity index (χ3v) is 5.69. The fraction of sp³-hybridized carbons (Fsp3) is 0.190. The maximum atomic E-state index is 12.7. The number of nitrogens with zero attached hydrogens (tertiary/aromatic N) is 3. The minimum atomic E-state index is -0.181. The van der Waals surface area contributed by atoms with E-state index in [1.165, 1.54) is 21.4 Å². The topological polar surface area (TPSA) is 47.3 Å². The summed E-state index contributed by atoms with van der Waals surface area (Å²) in [5.74, 6) is 0.558. The lowest BCUT2D eigenvalue weighted by atomic mass is 9.87. The number of thiazole rings is 1. The van der Waals surface area contributed by atoms with E-state index in [1.807, 2.05) is 30.3 Å². The Bertz CT molecular complexity index is 1230. The van der Waals surface area contributed by atoms with E-state index in [9.17, 15) is 4.79 Å². The molecule has 0 fully saturated rings. The molecule has 0 aliphatic carbocycles. The molecule has 0 aliphatic heterocycles. The monoisotopic (exact) mass is 395 g/mol. The molecular weight excluding hydrogens is 378 g/mol. The molecule has 0 bridgehead atoms. The average Bonchev–Trinajstić information content (AvgIpc) is 3.16. The van der Waals surface area contributed by atoms with Crippen LogP contribution in [0.3, 0.4) is 0 Å². The van der Waals surface area contributed by atoms with Crippen molar-refractivity contribution in [2.45, 2.75) is 26.2 Å². The minimum Gasteiger partial charge on any atom is -0.266 e. The van der Waals surface area contributed by atoms with Gasteiger partial charge < -0.3 is 0 Å². The molecule has 0 saturated carbocycles. The van der Waals surface area contributed by atoms with E-state index in [0.717, 1.165) is 11.1 Å². The third kappa shape index (κ3) is 3.40. The van der Waals surface area contributed by atoms with Crippen molar-refractivity contribution in [3.63, 3.8) is 0 Å². The van der Waals surface area contributed by atoms with Crippen LogP contribution in [-0.4, -0.2) is 14.6 Å². The Labute approximate surface area is 165 Å². The maximum Gasteiger partial charge on any atom is 0.291 e. The quantitative estimate of drug-likeness (QED) is 0.508. The van der Waals surface area contributed by atoms with Gasteiger partial charge in [-0.25, -0.2) is 0 Å². The Kier molecular flexibility index (Phi) is 4.36. The van der Waals surface area contributed by atoms with Gasteiger partial charge in [0.2, 0.25) is 4.96 Å². The van der Waals surface area contributed by atoms with Crippen LogP contribution in [0.4, 0.5) is 0 Å². The first-order valence-electron chi connectivity index (χ1n) is 8.60. The third-order valence-electron chi connectivity index (χ3n) is 4.38. The van der Waals surface area contributed by atoms with Crippen molar-refractivity contribution in [3.8, 4) is 11.4 Å². The number of hydrogen-bond donors (Lipinski definition) is 0. The second kappa shape index (κ2) is 6.59. The van der Waals surface area contributed by atoms with Crippen molar-refractivity contribution in [2.75, 3.05) is 0 Å². The molecule has 4 nitrogen and oxygen atoms in total. The molecule has 0 spiro atoms. The zero-order valence-corrected chi connectivity index (χ0v) is 16.8. The highest BCUT2D eigenvalue weighted by Gasteiger charge is 2.15. The summed E-state index contributed by atoms with van der Waals surface area (Å²) in [7, 11) is 0. The summed E-state index contributed by atoms with van der Waals surface area (Å²) < 4.78 is 1.92. The zero-order valence-electron chi connectivity index (χ0n) is 15.2. The molecule has 0 amide bonds. The molecule has 0 atom stereocenters. The second-order valence-electron chi connectivity index (χ2n) is 7.39. The van der Waals surface area contributed by atoms with Gasteiger partial charge in [0, 0.05) is 10.6 Å². The Hall–Kier alpha value is -2.50. The summed E-state index contributed by atoms with van der Waals surface area (Å²) >= 11 is 7.50. The predicted molar refractivity (Wildman–Crippen MR) is 112 cm³/mol. The van der Waals surface area contributed by atoms with Crippen molar-refractivity contribution >= 4 is 34.0 Å². The zero-order chi connectivity index (χ0) is 19.2. The van der Waals surface area contributed by atoms with Gasteiger partial charge in [0.05, 0.1) is 4.53 Å². The molecule has 2 heterocycles. The second-order valence-corrected chi connectivity index (χ2v) is 8.81. The number of halogens is 1. The molecule has 0 saturated heterocycles. The van der Waals surface area contributed by atoms with Crippen LogP contribution in [0.2, 0.25) is 5.02 Å². The number of fused-ring (bicyclic) bond motifs is 1. The average molecular weight is 396 g/mol. The molecule has 0 unspecified atom stereocenters. The van der Waals surface area contributed by atoms with Crippen LogP contribution in [0.25, 0.3) is 22.4 Å². The number of benzene rings is 2. The SMILES string of the molecule is CC(C)(C)c1ccc(-c2nc3sc(=Cc4ccccc4Cl)c(=O)n3n2)cc1. The molecule has 4 aromatic rings. The highest BCUT2D eigenvalue weighted by atomic mass is 35.5. The maximum absolute atomic E-state index is 12.7. The van der Waals surface area contributed by atoms with E-state index in [4.69, 9.17) is 11.6 Å². The number of aromatic nitrogens is 3. The van der Waals surface area contributed by atoms with E-state index in [-0.39, 0.29) is 11.0 Å². The smallest absolute Gasteiger partial charge is 0.266 e. The van der Waals surface area contributed by atoms with E-state index in [0.29, 0.717) is 20.3 Å². The summed E-state index contributed by atoms with van der Waals surface area (Å²) in [6.45, 7) is 6.52. The van der Waals surface area contributed by atoms with Crippen LogP contribution >= 0.6 is 22.9 Å². The Morgan fingerprint density at radius 3 is 2.41 bits per heavy atom. The highest BCUT2D eigenvalue weighted by molar-refractivity contribution is 7.15. The van der Waals surface area contributed by atoms with Crippen molar-refractivity contribution in [1.29, 1.82) is 0 Å². The van der Waals surface area contributed by atoms with Crippen LogP contribution in [-0.2, 0) is 5.41 Å². The summed E-state index contributed by atoms with van der Waals surface area (Å²) in [6, 6.07) is 15.6. The van der Waals surface area contributed by atoms with Gasteiger partial charge in [0.15, 0.2) is 5.82 Å². The van der Waals surface area contributed by atoms with Gasteiger partial charge in [-0.05, 0) is 28.7 Å². The Morgan fingerprint density at radius 1 is 1.07 bits per heavy atom. The van der Waals surface area contributed by atoms with Gasteiger partial charge >= 0.3 is 0 Å². The molecule has 0 radical (unpaired) electrons. The summed E-state index contributed by atoms with van der Waals surface area (Å²) in [5, 5.41) is 5.02. The van der Waals surface area contributed by atoms with E-state index < -0.39 is 0 Å². The van der Waals surface area contributed by atoms with Crippen LogP contribution in [0, 0.1) is 0 Å². The molecule has 4 rings (SSSR count). The van der Waals surface area contributed by atoms with Gasteiger partial charge in [0.25, 0.3) is 5.56 Å². The van der Waals surface area contributed by atoms with Gasteiger partial charge in [0.1, 0.15) is 0 Å². The number of rotatable bonds is 2. The van der Waals surface area contributed by atoms with Gasteiger partial charge in [-0.3, -0.25) is 4.79 Å². The first-order chi connectivity index (χ1) is 12.8.